The van der Waals surface area contributed by atoms with Crippen molar-refractivity contribution in [2.24, 2.45) is 5.73 Å². The molecule has 1 aliphatic heterocycles. The molecule has 3 aromatic rings. The third kappa shape index (κ3) is 3.04. The highest BCUT2D eigenvalue weighted by molar-refractivity contribution is 6.30. The quantitative estimate of drug-likeness (QED) is 0.762. The Morgan fingerprint density at radius 1 is 1.27 bits per heavy atom. The molecule has 4 rings (SSSR count). The number of fused-ring (bicyclic) bond motifs is 1. The van der Waals surface area contributed by atoms with Gasteiger partial charge in [-0.15, -0.1) is 0 Å². The number of hydrogen-bond donors (Lipinski definition) is 1. The summed E-state index contributed by atoms with van der Waals surface area (Å²) in [5.41, 5.74) is 8.78. The zero-order valence-corrected chi connectivity index (χ0v) is 15.3. The van der Waals surface area contributed by atoms with Crippen molar-refractivity contribution in [2.75, 3.05) is 18.0 Å². The number of alkyl halides is 1. The lowest BCUT2D eigenvalue weighted by Gasteiger charge is -2.34. The molecule has 0 spiro atoms. The van der Waals surface area contributed by atoms with Crippen LogP contribution in [0.1, 0.15) is 25.1 Å². The van der Waals surface area contributed by atoms with Gasteiger partial charge in [-0.1, -0.05) is 23.7 Å². The maximum Gasteiger partial charge on any atom is 0.207 e. The van der Waals surface area contributed by atoms with Gasteiger partial charge in [0.1, 0.15) is 6.17 Å². The van der Waals surface area contributed by atoms with Gasteiger partial charge in [-0.2, -0.15) is 0 Å². The average Bonchev–Trinajstić information content (AvgIpc) is 3.03. The van der Waals surface area contributed by atoms with Crippen LogP contribution in [0.4, 0.5) is 10.3 Å². The fraction of sp³-hybridized carbons (Fsp3) is 0.368. The number of aromatic nitrogens is 3. The van der Waals surface area contributed by atoms with Gasteiger partial charge in [0.25, 0.3) is 0 Å². The summed E-state index contributed by atoms with van der Waals surface area (Å²) in [4.78, 5) is 11.4. The first-order chi connectivity index (χ1) is 12.5. The summed E-state index contributed by atoms with van der Waals surface area (Å²) in [5, 5.41) is 0.604. The second kappa shape index (κ2) is 6.85. The number of rotatable bonds is 3. The molecule has 1 aromatic carbocycles. The Hall–Kier alpha value is -2.18. The molecule has 1 saturated heterocycles. The van der Waals surface area contributed by atoms with Crippen LogP contribution < -0.4 is 10.6 Å². The van der Waals surface area contributed by atoms with E-state index in [9.17, 15) is 4.39 Å². The van der Waals surface area contributed by atoms with E-state index in [1.165, 1.54) is 0 Å². The van der Waals surface area contributed by atoms with Gasteiger partial charge >= 0.3 is 0 Å². The summed E-state index contributed by atoms with van der Waals surface area (Å²) in [6.45, 7) is 3.12. The van der Waals surface area contributed by atoms with Crippen molar-refractivity contribution in [3.8, 4) is 0 Å². The van der Waals surface area contributed by atoms with Gasteiger partial charge in [-0.3, -0.25) is 4.98 Å². The highest BCUT2D eigenvalue weighted by atomic mass is 35.5. The number of nitrogens with zero attached hydrogens (tertiary/aromatic N) is 4. The van der Waals surface area contributed by atoms with Crippen LogP contribution in [0.3, 0.4) is 0 Å². The standard InChI is InChI=1S/C19H21ClFN5/c1-12(16-7-6-13(20)10-23-16)26-18-5-3-2-4-17(18)24-19(26)25-9-8-14(21)15(22)11-25/h2-7,10,12,14-15H,8-9,11,22H2,1H3/t12-,14-,15-/m1/s1. The molecule has 0 amide bonds. The Bertz CT molecular complexity index is 910. The molecule has 1 aliphatic rings. The molecule has 0 aliphatic carbocycles. The monoisotopic (exact) mass is 373 g/mol. The number of pyridine rings is 1. The van der Waals surface area contributed by atoms with Crippen molar-refractivity contribution in [2.45, 2.75) is 31.6 Å². The molecule has 26 heavy (non-hydrogen) atoms. The van der Waals surface area contributed by atoms with Crippen molar-refractivity contribution >= 4 is 28.6 Å². The minimum absolute atomic E-state index is 0.0472. The molecule has 3 heterocycles. The van der Waals surface area contributed by atoms with E-state index in [2.05, 4.69) is 21.4 Å². The van der Waals surface area contributed by atoms with Crippen LogP contribution in [0, 0.1) is 0 Å². The second-order valence-corrected chi connectivity index (χ2v) is 7.20. The Morgan fingerprint density at radius 3 is 2.81 bits per heavy atom. The van der Waals surface area contributed by atoms with Crippen LogP contribution in [0.5, 0.6) is 0 Å². The van der Waals surface area contributed by atoms with E-state index >= 15 is 0 Å². The number of hydrogen-bond acceptors (Lipinski definition) is 4. The van der Waals surface area contributed by atoms with Gasteiger partial charge in [-0.05, 0) is 37.6 Å². The summed E-state index contributed by atoms with van der Waals surface area (Å²) < 4.78 is 16.0. The third-order valence-electron chi connectivity index (χ3n) is 5.00. The van der Waals surface area contributed by atoms with Crippen LogP contribution in [0.15, 0.2) is 42.6 Å². The summed E-state index contributed by atoms with van der Waals surface area (Å²) in [6, 6.07) is 11.2. The van der Waals surface area contributed by atoms with Crippen LogP contribution >= 0.6 is 11.6 Å². The SMILES string of the molecule is C[C@H](c1ccc(Cl)cn1)n1c(N2CC[C@@H](F)[C@H](N)C2)nc2ccccc21. The van der Waals surface area contributed by atoms with Gasteiger partial charge < -0.3 is 15.2 Å². The molecule has 3 atom stereocenters. The largest absolute Gasteiger partial charge is 0.340 e. The van der Waals surface area contributed by atoms with Gasteiger partial charge in [0, 0.05) is 19.3 Å². The van der Waals surface area contributed by atoms with Gasteiger partial charge in [0.2, 0.25) is 5.95 Å². The van der Waals surface area contributed by atoms with Crippen molar-refractivity contribution in [3.05, 3.63) is 53.3 Å². The fourth-order valence-electron chi connectivity index (χ4n) is 3.54. The van der Waals surface area contributed by atoms with Crippen molar-refractivity contribution in [1.29, 1.82) is 0 Å². The highest BCUT2D eigenvalue weighted by Crippen LogP contribution is 2.31. The van der Waals surface area contributed by atoms with E-state index in [1.54, 1.807) is 6.20 Å². The van der Waals surface area contributed by atoms with Gasteiger partial charge in [0.15, 0.2) is 0 Å². The lowest BCUT2D eigenvalue weighted by atomic mass is 10.1. The molecule has 0 unspecified atom stereocenters. The van der Waals surface area contributed by atoms with E-state index in [4.69, 9.17) is 22.3 Å². The van der Waals surface area contributed by atoms with E-state index in [1.807, 2.05) is 36.4 Å². The minimum atomic E-state index is -0.959. The molecular formula is C19H21ClFN5. The first-order valence-corrected chi connectivity index (χ1v) is 9.15. The number of nitrogens with two attached hydrogens (primary N) is 1. The Kier molecular flexibility index (Phi) is 4.54. The lowest BCUT2D eigenvalue weighted by Crippen LogP contribution is -2.50. The number of anilines is 1. The van der Waals surface area contributed by atoms with Crippen LogP contribution in [-0.4, -0.2) is 39.8 Å². The predicted molar refractivity (Wildman–Crippen MR) is 102 cm³/mol. The molecule has 136 valence electrons. The van der Waals surface area contributed by atoms with Gasteiger partial charge in [0.05, 0.1) is 33.8 Å². The molecule has 7 heteroatoms. The topological polar surface area (TPSA) is 60.0 Å². The Labute approximate surface area is 156 Å². The summed E-state index contributed by atoms with van der Waals surface area (Å²) >= 11 is 5.98. The number of benzene rings is 1. The zero-order valence-electron chi connectivity index (χ0n) is 14.5. The molecule has 5 nitrogen and oxygen atoms in total. The normalized spacial score (nSPS) is 21.9. The van der Waals surface area contributed by atoms with Crippen molar-refractivity contribution < 1.29 is 4.39 Å². The lowest BCUT2D eigenvalue weighted by molar-refractivity contribution is 0.243. The fourth-order valence-corrected chi connectivity index (χ4v) is 3.65. The van der Waals surface area contributed by atoms with Gasteiger partial charge in [-0.25, -0.2) is 9.37 Å². The number of piperidine rings is 1. The predicted octanol–water partition coefficient (Wildman–Crippen LogP) is 3.57. The first kappa shape index (κ1) is 17.2. The molecule has 2 aromatic heterocycles. The Morgan fingerprint density at radius 2 is 2.08 bits per heavy atom. The van der Waals surface area contributed by atoms with E-state index < -0.39 is 12.2 Å². The molecule has 0 radical (unpaired) electrons. The smallest absolute Gasteiger partial charge is 0.207 e. The van der Waals surface area contributed by atoms with E-state index in [0.29, 0.717) is 24.5 Å². The van der Waals surface area contributed by atoms with Crippen molar-refractivity contribution in [1.82, 2.24) is 14.5 Å². The number of para-hydroxylation sites is 2. The summed E-state index contributed by atoms with van der Waals surface area (Å²) in [6.07, 6.45) is 1.11. The molecule has 0 saturated carbocycles. The molecule has 1 fully saturated rings. The van der Waals surface area contributed by atoms with Crippen molar-refractivity contribution in [3.63, 3.8) is 0 Å². The van der Waals surface area contributed by atoms with E-state index in [-0.39, 0.29) is 6.04 Å². The highest BCUT2D eigenvalue weighted by Gasteiger charge is 2.30. The zero-order chi connectivity index (χ0) is 18.3. The van der Waals surface area contributed by atoms with Crippen LogP contribution in [0.25, 0.3) is 11.0 Å². The van der Waals surface area contributed by atoms with Crippen LogP contribution in [0.2, 0.25) is 5.02 Å². The number of halogens is 2. The van der Waals surface area contributed by atoms with E-state index in [0.717, 1.165) is 22.7 Å². The summed E-state index contributed by atoms with van der Waals surface area (Å²) in [5.74, 6) is 0.804. The molecular weight excluding hydrogens is 353 g/mol. The first-order valence-electron chi connectivity index (χ1n) is 8.77. The maximum absolute atomic E-state index is 13.8. The summed E-state index contributed by atoms with van der Waals surface area (Å²) in [7, 11) is 0. The number of imidazole rings is 1. The second-order valence-electron chi connectivity index (χ2n) is 6.76. The Balaban J connectivity index is 1.80. The molecule has 0 bridgehead atoms. The minimum Gasteiger partial charge on any atom is -0.340 e. The maximum atomic E-state index is 13.8. The molecule has 2 N–H and O–H groups in total. The third-order valence-corrected chi connectivity index (χ3v) is 5.22. The van der Waals surface area contributed by atoms with Crippen LogP contribution in [-0.2, 0) is 0 Å². The average molecular weight is 374 g/mol.